The maximum atomic E-state index is 12.4. The van der Waals surface area contributed by atoms with E-state index in [4.69, 9.17) is 10.5 Å². The minimum atomic E-state index is -0.764. The van der Waals surface area contributed by atoms with Crippen molar-refractivity contribution in [2.45, 2.75) is 26.3 Å². The number of carbonyl (C=O) groups is 2. The van der Waals surface area contributed by atoms with Crippen molar-refractivity contribution in [3.63, 3.8) is 0 Å². The fraction of sp³-hybridized carbons (Fsp3) is 0.263. The van der Waals surface area contributed by atoms with Gasteiger partial charge in [-0.3, -0.25) is 4.79 Å². The number of benzene rings is 2. The van der Waals surface area contributed by atoms with Gasteiger partial charge in [0.05, 0.1) is 12.2 Å². The van der Waals surface area contributed by atoms with Crippen LogP contribution in [0.15, 0.2) is 48.5 Å². The van der Waals surface area contributed by atoms with Crippen molar-refractivity contribution >= 4 is 17.6 Å². The number of hydrogen-bond donors (Lipinski definition) is 2. The Morgan fingerprint density at radius 1 is 1.12 bits per heavy atom. The number of hydrogen-bond acceptors (Lipinski definition) is 4. The van der Waals surface area contributed by atoms with E-state index in [9.17, 15) is 9.59 Å². The molecule has 0 radical (unpaired) electrons. The van der Waals surface area contributed by atoms with Gasteiger partial charge in [-0.25, -0.2) is 4.79 Å². The van der Waals surface area contributed by atoms with Crippen LogP contribution in [0.3, 0.4) is 0 Å². The van der Waals surface area contributed by atoms with Crippen molar-refractivity contribution < 1.29 is 14.3 Å². The highest BCUT2D eigenvalue weighted by atomic mass is 16.5. The third kappa shape index (κ3) is 4.59. The Morgan fingerprint density at radius 3 is 2.42 bits per heavy atom. The third-order valence-electron chi connectivity index (χ3n) is 3.64. The summed E-state index contributed by atoms with van der Waals surface area (Å²) in [5, 5.41) is 2.73. The first-order chi connectivity index (χ1) is 11.5. The molecule has 1 unspecified atom stereocenters. The van der Waals surface area contributed by atoms with Crippen LogP contribution in [0.2, 0.25) is 0 Å². The fourth-order valence-corrected chi connectivity index (χ4v) is 2.34. The standard InChI is InChI=1S/C19H22N2O3/c1-3-24-19(23)17(12-14-10-8-13(2)9-11-14)21-18(22)15-6-4-5-7-16(15)20/h4-11,17H,3,12,20H2,1-2H3,(H,21,22). The minimum absolute atomic E-state index is 0.257. The van der Waals surface area contributed by atoms with Gasteiger partial charge in [-0.1, -0.05) is 42.0 Å². The van der Waals surface area contributed by atoms with Crippen LogP contribution in [0.1, 0.15) is 28.4 Å². The molecule has 2 aromatic rings. The van der Waals surface area contributed by atoms with Gasteiger partial charge in [-0.2, -0.15) is 0 Å². The van der Waals surface area contributed by atoms with E-state index in [1.807, 2.05) is 31.2 Å². The van der Waals surface area contributed by atoms with Gasteiger partial charge in [-0.15, -0.1) is 0 Å². The third-order valence-corrected chi connectivity index (χ3v) is 3.64. The molecule has 3 N–H and O–H groups in total. The van der Waals surface area contributed by atoms with Crippen molar-refractivity contribution in [3.8, 4) is 0 Å². The van der Waals surface area contributed by atoms with Gasteiger partial charge in [0, 0.05) is 12.1 Å². The van der Waals surface area contributed by atoms with Crippen molar-refractivity contribution in [3.05, 3.63) is 65.2 Å². The molecule has 0 bridgehead atoms. The highest BCUT2D eigenvalue weighted by Crippen LogP contribution is 2.12. The minimum Gasteiger partial charge on any atom is -0.464 e. The summed E-state index contributed by atoms with van der Waals surface area (Å²) in [6, 6.07) is 13.8. The first-order valence-electron chi connectivity index (χ1n) is 7.88. The van der Waals surface area contributed by atoms with E-state index in [1.165, 1.54) is 0 Å². The lowest BCUT2D eigenvalue weighted by Gasteiger charge is -2.18. The number of rotatable bonds is 6. The second-order valence-electron chi connectivity index (χ2n) is 5.56. The van der Waals surface area contributed by atoms with Gasteiger partial charge in [0.2, 0.25) is 0 Å². The van der Waals surface area contributed by atoms with Crippen LogP contribution >= 0.6 is 0 Å². The molecule has 0 aliphatic rings. The first kappa shape index (κ1) is 17.5. The summed E-state index contributed by atoms with van der Waals surface area (Å²) < 4.78 is 5.08. The van der Waals surface area contributed by atoms with Crippen molar-refractivity contribution in [1.82, 2.24) is 5.32 Å². The molecule has 5 heteroatoms. The van der Waals surface area contributed by atoms with Gasteiger partial charge >= 0.3 is 5.97 Å². The molecule has 1 atom stereocenters. The number of esters is 1. The molecular formula is C19H22N2O3. The average Bonchev–Trinajstić information content (AvgIpc) is 2.56. The van der Waals surface area contributed by atoms with Gasteiger partial charge in [0.25, 0.3) is 5.91 Å². The monoisotopic (exact) mass is 326 g/mol. The summed E-state index contributed by atoms with van der Waals surface area (Å²) in [7, 11) is 0. The zero-order chi connectivity index (χ0) is 17.5. The Balaban J connectivity index is 2.16. The van der Waals surface area contributed by atoms with E-state index in [0.717, 1.165) is 11.1 Å². The number of anilines is 1. The number of ether oxygens (including phenoxy) is 1. The SMILES string of the molecule is CCOC(=O)C(Cc1ccc(C)cc1)NC(=O)c1ccccc1N. The molecule has 0 aliphatic heterocycles. The Labute approximate surface area is 141 Å². The molecule has 0 aliphatic carbocycles. The molecular weight excluding hydrogens is 304 g/mol. The van der Waals surface area contributed by atoms with Gasteiger partial charge < -0.3 is 15.8 Å². The van der Waals surface area contributed by atoms with Crippen LogP contribution in [0.25, 0.3) is 0 Å². The summed E-state index contributed by atoms with van der Waals surface area (Å²) in [5.41, 5.74) is 8.61. The number of para-hydroxylation sites is 1. The van der Waals surface area contributed by atoms with Crippen LogP contribution in [0.5, 0.6) is 0 Å². The Morgan fingerprint density at radius 2 is 1.79 bits per heavy atom. The van der Waals surface area contributed by atoms with E-state index in [1.54, 1.807) is 31.2 Å². The van der Waals surface area contributed by atoms with Crippen LogP contribution in [0, 0.1) is 6.92 Å². The van der Waals surface area contributed by atoms with E-state index in [2.05, 4.69) is 5.32 Å². The molecule has 0 heterocycles. The molecule has 126 valence electrons. The Kier molecular flexibility index (Phi) is 5.95. The number of nitrogens with two attached hydrogens (primary N) is 1. The smallest absolute Gasteiger partial charge is 0.328 e. The predicted molar refractivity (Wildman–Crippen MR) is 93.6 cm³/mol. The lowest BCUT2D eigenvalue weighted by Crippen LogP contribution is -2.43. The van der Waals surface area contributed by atoms with E-state index in [0.29, 0.717) is 17.7 Å². The average molecular weight is 326 g/mol. The molecule has 0 aromatic heterocycles. The second kappa shape index (κ2) is 8.15. The number of nitrogens with one attached hydrogen (secondary N) is 1. The lowest BCUT2D eigenvalue weighted by molar-refractivity contribution is -0.145. The molecule has 2 rings (SSSR count). The first-order valence-corrected chi connectivity index (χ1v) is 7.88. The molecule has 2 aromatic carbocycles. The zero-order valence-electron chi connectivity index (χ0n) is 13.9. The van der Waals surface area contributed by atoms with Crippen LogP contribution in [-0.4, -0.2) is 24.5 Å². The molecule has 0 saturated heterocycles. The number of amides is 1. The van der Waals surface area contributed by atoms with Gasteiger partial charge in [-0.05, 0) is 31.5 Å². The highest BCUT2D eigenvalue weighted by molar-refractivity contribution is 6.00. The van der Waals surface area contributed by atoms with Crippen LogP contribution < -0.4 is 11.1 Å². The number of nitrogen functional groups attached to an aromatic ring is 1. The van der Waals surface area contributed by atoms with Crippen molar-refractivity contribution in [2.24, 2.45) is 0 Å². The highest BCUT2D eigenvalue weighted by Gasteiger charge is 2.23. The summed E-state index contributed by atoms with van der Waals surface area (Å²) in [5.74, 6) is -0.848. The molecule has 1 amide bonds. The zero-order valence-corrected chi connectivity index (χ0v) is 13.9. The maximum absolute atomic E-state index is 12.4. The predicted octanol–water partition coefficient (Wildman–Crippen LogP) is 2.48. The largest absolute Gasteiger partial charge is 0.464 e. The van der Waals surface area contributed by atoms with E-state index >= 15 is 0 Å². The van der Waals surface area contributed by atoms with Gasteiger partial charge in [0.1, 0.15) is 6.04 Å². The van der Waals surface area contributed by atoms with Crippen molar-refractivity contribution in [1.29, 1.82) is 0 Å². The van der Waals surface area contributed by atoms with Gasteiger partial charge in [0.15, 0.2) is 0 Å². The quantitative estimate of drug-likeness (QED) is 0.631. The molecule has 5 nitrogen and oxygen atoms in total. The molecule has 24 heavy (non-hydrogen) atoms. The topological polar surface area (TPSA) is 81.4 Å². The Hall–Kier alpha value is -2.82. The van der Waals surface area contributed by atoms with Crippen LogP contribution in [-0.2, 0) is 16.0 Å². The van der Waals surface area contributed by atoms with E-state index < -0.39 is 17.9 Å². The Bertz CT molecular complexity index is 711. The lowest BCUT2D eigenvalue weighted by atomic mass is 10.0. The molecule has 0 spiro atoms. The van der Waals surface area contributed by atoms with E-state index in [-0.39, 0.29) is 6.61 Å². The number of aryl methyl sites for hydroxylation is 1. The summed E-state index contributed by atoms with van der Waals surface area (Å²) >= 11 is 0. The van der Waals surface area contributed by atoms with Crippen LogP contribution in [0.4, 0.5) is 5.69 Å². The normalized spacial score (nSPS) is 11.6. The molecule has 0 fully saturated rings. The second-order valence-corrected chi connectivity index (χ2v) is 5.56. The number of carbonyl (C=O) groups excluding carboxylic acids is 2. The molecule has 0 saturated carbocycles. The summed E-state index contributed by atoms with van der Waals surface area (Å²) in [6.45, 7) is 3.98. The summed E-state index contributed by atoms with van der Waals surface area (Å²) in [4.78, 5) is 24.6. The summed E-state index contributed by atoms with van der Waals surface area (Å²) in [6.07, 6.45) is 0.359. The fourth-order valence-electron chi connectivity index (χ4n) is 2.34. The van der Waals surface area contributed by atoms with Crippen molar-refractivity contribution in [2.75, 3.05) is 12.3 Å². The maximum Gasteiger partial charge on any atom is 0.328 e.